The minimum absolute atomic E-state index is 0.109. The highest BCUT2D eigenvalue weighted by molar-refractivity contribution is 6.00. The molecule has 2 N–H and O–H groups in total. The molecule has 7 nitrogen and oxygen atoms in total. The van der Waals surface area contributed by atoms with Gasteiger partial charge in [-0.1, -0.05) is 0 Å². The molecule has 0 aromatic carbocycles. The molecular formula is C16H20N6O. The first-order chi connectivity index (χ1) is 10.9. The number of aromatic nitrogens is 5. The number of amides is 1. The molecule has 0 spiro atoms. The monoisotopic (exact) mass is 312 g/mol. The lowest BCUT2D eigenvalue weighted by Crippen LogP contribution is -2.16. The number of carbonyl (C=O) groups excluding carboxylic acids is 1. The third kappa shape index (κ3) is 2.58. The average Bonchev–Trinajstić information content (AvgIpc) is 2.91. The zero-order chi connectivity index (χ0) is 16.7. The second kappa shape index (κ2) is 5.49. The van der Waals surface area contributed by atoms with Crippen LogP contribution in [0.1, 0.15) is 28.2 Å². The van der Waals surface area contributed by atoms with Crippen LogP contribution in [-0.2, 0) is 18.3 Å². The van der Waals surface area contributed by atoms with Crippen molar-refractivity contribution in [3.8, 4) is 0 Å². The molecule has 3 heterocycles. The van der Waals surface area contributed by atoms with E-state index in [4.69, 9.17) is 0 Å². The molecule has 0 saturated heterocycles. The number of carbonyl (C=O) groups is 1. The fourth-order valence-corrected chi connectivity index (χ4v) is 2.80. The van der Waals surface area contributed by atoms with Crippen molar-refractivity contribution >= 4 is 22.8 Å². The van der Waals surface area contributed by atoms with Gasteiger partial charge in [0.05, 0.1) is 17.5 Å². The zero-order valence-corrected chi connectivity index (χ0v) is 14.0. The highest BCUT2D eigenvalue weighted by Gasteiger charge is 2.17. The van der Waals surface area contributed by atoms with E-state index >= 15 is 0 Å². The Kier molecular flexibility index (Phi) is 3.63. The van der Waals surface area contributed by atoms with Crippen LogP contribution < -0.4 is 5.32 Å². The summed E-state index contributed by atoms with van der Waals surface area (Å²) in [5.41, 5.74) is 5.64. The Morgan fingerprint density at radius 1 is 1.26 bits per heavy atom. The number of hydrogen-bond acceptors (Lipinski definition) is 4. The van der Waals surface area contributed by atoms with Crippen LogP contribution in [0.15, 0.2) is 6.33 Å². The number of fused-ring (bicyclic) bond motifs is 1. The number of H-pyrrole nitrogens is 1. The summed E-state index contributed by atoms with van der Waals surface area (Å²) in [4.78, 5) is 24.1. The van der Waals surface area contributed by atoms with Gasteiger partial charge in [0.15, 0.2) is 0 Å². The fraction of sp³-hybridized carbons (Fsp3) is 0.375. The van der Waals surface area contributed by atoms with E-state index in [-0.39, 0.29) is 12.3 Å². The number of nitrogens with one attached hydrogen (secondary N) is 2. The van der Waals surface area contributed by atoms with Crippen molar-refractivity contribution in [3.05, 3.63) is 34.5 Å². The van der Waals surface area contributed by atoms with Crippen molar-refractivity contribution in [2.75, 3.05) is 5.32 Å². The lowest BCUT2D eigenvalue weighted by Gasteiger charge is -2.06. The summed E-state index contributed by atoms with van der Waals surface area (Å²) < 4.78 is 1.79. The number of aryl methyl sites for hydroxylation is 4. The number of nitrogens with zero attached hydrogens (tertiary/aromatic N) is 4. The molecule has 0 aliphatic carbocycles. The standard InChI is InChI=1S/C16H20N6O/c1-8-9(2)19-15-14(8)16(18-7-17-15)20-13(23)6-12-10(3)21-22(5)11(12)4/h7H,6H2,1-5H3,(H2,17,18,19,20,23). The molecule has 3 aromatic heterocycles. The molecule has 1 amide bonds. The van der Waals surface area contributed by atoms with Crippen LogP contribution in [0.25, 0.3) is 11.0 Å². The predicted molar refractivity (Wildman–Crippen MR) is 88.4 cm³/mol. The number of hydrogen-bond donors (Lipinski definition) is 2. The summed E-state index contributed by atoms with van der Waals surface area (Å²) in [5.74, 6) is 0.434. The van der Waals surface area contributed by atoms with Crippen LogP contribution >= 0.6 is 0 Å². The average molecular weight is 312 g/mol. The van der Waals surface area contributed by atoms with E-state index in [1.807, 2.05) is 34.7 Å². The van der Waals surface area contributed by atoms with E-state index in [2.05, 4.69) is 25.4 Å². The van der Waals surface area contributed by atoms with Crippen LogP contribution in [0.5, 0.6) is 0 Å². The van der Waals surface area contributed by atoms with Crippen LogP contribution in [0.4, 0.5) is 5.82 Å². The Morgan fingerprint density at radius 2 is 2.00 bits per heavy atom. The van der Waals surface area contributed by atoms with E-state index < -0.39 is 0 Å². The molecule has 0 fully saturated rings. The molecule has 0 aliphatic heterocycles. The Balaban J connectivity index is 1.89. The number of anilines is 1. The third-order valence-corrected chi connectivity index (χ3v) is 4.34. The molecule has 0 radical (unpaired) electrons. The summed E-state index contributed by atoms with van der Waals surface area (Å²) in [5, 5.41) is 8.11. The van der Waals surface area contributed by atoms with Gasteiger partial charge in [-0.2, -0.15) is 5.10 Å². The molecule has 0 aliphatic rings. The molecular weight excluding hydrogens is 292 g/mol. The van der Waals surface area contributed by atoms with Gasteiger partial charge in [-0.05, 0) is 33.3 Å². The zero-order valence-electron chi connectivity index (χ0n) is 14.0. The summed E-state index contributed by atoms with van der Waals surface area (Å²) in [6.45, 7) is 7.84. The van der Waals surface area contributed by atoms with Gasteiger partial charge in [0.25, 0.3) is 0 Å². The van der Waals surface area contributed by atoms with E-state index in [9.17, 15) is 4.79 Å². The van der Waals surface area contributed by atoms with Crippen molar-refractivity contribution in [2.24, 2.45) is 7.05 Å². The smallest absolute Gasteiger partial charge is 0.230 e. The molecule has 3 rings (SSSR count). The molecule has 0 unspecified atom stereocenters. The Labute approximate surface area is 134 Å². The summed E-state index contributed by atoms with van der Waals surface area (Å²) in [6, 6.07) is 0. The van der Waals surface area contributed by atoms with Crippen LogP contribution in [-0.4, -0.2) is 30.6 Å². The summed E-state index contributed by atoms with van der Waals surface area (Å²) in [7, 11) is 1.88. The summed E-state index contributed by atoms with van der Waals surface area (Å²) >= 11 is 0. The predicted octanol–water partition coefficient (Wildman–Crippen LogP) is 2.11. The molecule has 7 heteroatoms. The maximum atomic E-state index is 12.4. The second-order valence-electron chi connectivity index (χ2n) is 5.82. The Morgan fingerprint density at radius 3 is 2.65 bits per heavy atom. The first-order valence-electron chi connectivity index (χ1n) is 7.47. The molecule has 3 aromatic rings. The highest BCUT2D eigenvalue weighted by Crippen LogP contribution is 2.25. The summed E-state index contributed by atoms with van der Waals surface area (Å²) in [6.07, 6.45) is 1.73. The largest absolute Gasteiger partial charge is 0.343 e. The van der Waals surface area contributed by atoms with Crippen molar-refractivity contribution in [1.29, 1.82) is 0 Å². The number of aromatic amines is 1. The van der Waals surface area contributed by atoms with Gasteiger partial charge < -0.3 is 10.3 Å². The fourth-order valence-electron chi connectivity index (χ4n) is 2.80. The Hall–Kier alpha value is -2.70. The van der Waals surface area contributed by atoms with Crippen molar-refractivity contribution in [1.82, 2.24) is 24.7 Å². The van der Waals surface area contributed by atoms with Crippen LogP contribution in [0, 0.1) is 27.7 Å². The van der Waals surface area contributed by atoms with Crippen LogP contribution in [0.2, 0.25) is 0 Å². The highest BCUT2D eigenvalue weighted by atomic mass is 16.1. The van der Waals surface area contributed by atoms with E-state index in [1.165, 1.54) is 6.33 Å². The van der Waals surface area contributed by atoms with Crippen LogP contribution in [0.3, 0.4) is 0 Å². The van der Waals surface area contributed by atoms with Gasteiger partial charge in [0, 0.05) is 24.0 Å². The number of rotatable bonds is 3. The van der Waals surface area contributed by atoms with Crippen molar-refractivity contribution in [3.63, 3.8) is 0 Å². The lowest BCUT2D eigenvalue weighted by atomic mass is 10.1. The van der Waals surface area contributed by atoms with Gasteiger partial charge in [-0.15, -0.1) is 0 Å². The SMILES string of the molecule is Cc1nn(C)c(C)c1CC(=O)Nc1ncnc2[nH]c(C)c(C)c12. The van der Waals surface area contributed by atoms with Gasteiger partial charge in [-0.25, -0.2) is 9.97 Å². The first kappa shape index (κ1) is 15.2. The third-order valence-electron chi connectivity index (χ3n) is 4.34. The molecule has 120 valence electrons. The van der Waals surface area contributed by atoms with E-state index in [1.54, 1.807) is 4.68 Å². The van der Waals surface area contributed by atoms with E-state index in [0.717, 1.165) is 39.2 Å². The minimum Gasteiger partial charge on any atom is -0.343 e. The second-order valence-corrected chi connectivity index (χ2v) is 5.82. The maximum Gasteiger partial charge on any atom is 0.230 e. The van der Waals surface area contributed by atoms with E-state index in [0.29, 0.717) is 5.82 Å². The van der Waals surface area contributed by atoms with Gasteiger partial charge in [0.2, 0.25) is 5.91 Å². The molecule has 0 bridgehead atoms. The molecule has 23 heavy (non-hydrogen) atoms. The quantitative estimate of drug-likeness (QED) is 0.775. The van der Waals surface area contributed by atoms with Gasteiger partial charge in [-0.3, -0.25) is 9.48 Å². The molecule has 0 saturated carbocycles. The minimum atomic E-state index is -0.109. The van der Waals surface area contributed by atoms with Gasteiger partial charge >= 0.3 is 0 Å². The first-order valence-corrected chi connectivity index (χ1v) is 7.47. The van der Waals surface area contributed by atoms with Crippen molar-refractivity contribution < 1.29 is 4.79 Å². The topological polar surface area (TPSA) is 88.5 Å². The van der Waals surface area contributed by atoms with Crippen molar-refractivity contribution in [2.45, 2.75) is 34.1 Å². The molecule has 0 atom stereocenters. The Bertz CT molecular complexity index is 905. The van der Waals surface area contributed by atoms with Gasteiger partial charge in [0.1, 0.15) is 17.8 Å². The maximum absolute atomic E-state index is 12.4. The lowest BCUT2D eigenvalue weighted by molar-refractivity contribution is -0.115. The normalized spacial score (nSPS) is 11.2.